The molecule has 3 aromatic rings. The summed E-state index contributed by atoms with van der Waals surface area (Å²) in [5, 5.41) is 2.58. The van der Waals surface area contributed by atoms with Crippen molar-refractivity contribution in [2.75, 3.05) is 6.54 Å². The molecule has 0 saturated heterocycles. The van der Waals surface area contributed by atoms with Gasteiger partial charge in [-0.15, -0.1) is 0 Å². The lowest BCUT2D eigenvalue weighted by molar-refractivity contribution is -0.132. The number of benzene rings is 2. The number of pyridine rings is 1. The van der Waals surface area contributed by atoms with Gasteiger partial charge in [0.2, 0.25) is 5.91 Å². The largest absolute Gasteiger partial charge is 0.352 e. The Morgan fingerprint density at radius 1 is 1.03 bits per heavy atom. The van der Waals surface area contributed by atoms with E-state index < -0.39 is 17.5 Å². The number of carbonyl (C=O) groups is 2. The van der Waals surface area contributed by atoms with Gasteiger partial charge in [0.15, 0.2) is 0 Å². The maximum absolute atomic E-state index is 13.7. The van der Waals surface area contributed by atoms with Gasteiger partial charge in [-0.3, -0.25) is 14.6 Å². The number of halogens is 2. The molecule has 0 unspecified atom stereocenters. The Balaban J connectivity index is 1.58. The number of nitrogens with zero attached hydrogens (tertiary/aromatic N) is 2. The molecule has 0 fully saturated rings. The first-order chi connectivity index (χ1) is 15.4. The van der Waals surface area contributed by atoms with Crippen LogP contribution >= 0.6 is 0 Å². The summed E-state index contributed by atoms with van der Waals surface area (Å²) in [6.45, 7) is 3.10. The average Bonchev–Trinajstić information content (AvgIpc) is 2.78. The Labute approximate surface area is 186 Å². The van der Waals surface area contributed by atoms with Gasteiger partial charge in [0.1, 0.15) is 11.6 Å². The van der Waals surface area contributed by atoms with Crippen LogP contribution in [0.1, 0.15) is 39.9 Å². The molecule has 0 saturated carbocycles. The predicted octanol–water partition coefficient (Wildman–Crippen LogP) is 4.41. The number of aromatic nitrogens is 1. The second-order valence-corrected chi connectivity index (χ2v) is 7.52. The van der Waals surface area contributed by atoms with Crippen molar-refractivity contribution in [3.63, 3.8) is 0 Å². The van der Waals surface area contributed by atoms with E-state index in [4.69, 9.17) is 0 Å². The Kier molecular flexibility index (Phi) is 8.02. The molecule has 1 heterocycles. The first-order valence-electron chi connectivity index (χ1n) is 10.4. The number of aryl methyl sites for hydroxylation is 1. The van der Waals surface area contributed by atoms with Gasteiger partial charge in [-0.1, -0.05) is 30.3 Å². The van der Waals surface area contributed by atoms with E-state index in [1.165, 1.54) is 0 Å². The van der Waals surface area contributed by atoms with Crippen LogP contribution in [0.25, 0.3) is 0 Å². The molecule has 2 aromatic carbocycles. The van der Waals surface area contributed by atoms with Crippen molar-refractivity contribution in [3.05, 3.63) is 101 Å². The molecule has 0 aliphatic rings. The Bertz CT molecular complexity index is 1070. The summed E-state index contributed by atoms with van der Waals surface area (Å²) in [7, 11) is 0. The van der Waals surface area contributed by atoms with Crippen LogP contribution in [0.5, 0.6) is 0 Å². The highest BCUT2D eigenvalue weighted by molar-refractivity contribution is 5.94. The zero-order valence-corrected chi connectivity index (χ0v) is 17.9. The molecule has 0 atom stereocenters. The van der Waals surface area contributed by atoms with Crippen LogP contribution < -0.4 is 5.32 Å². The molecule has 5 nitrogen and oxygen atoms in total. The zero-order chi connectivity index (χ0) is 22.9. The van der Waals surface area contributed by atoms with Crippen LogP contribution in [0.15, 0.2) is 67.0 Å². The van der Waals surface area contributed by atoms with Gasteiger partial charge >= 0.3 is 0 Å². The highest BCUT2D eigenvalue weighted by atomic mass is 19.1. The van der Waals surface area contributed by atoms with Gasteiger partial charge in [0.05, 0.1) is 5.56 Å². The maximum Gasteiger partial charge on any atom is 0.254 e. The normalized spacial score (nSPS) is 10.6. The minimum Gasteiger partial charge on any atom is -0.352 e. The minimum atomic E-state index is -0.917. The SMILES string of the molecule is Cc1ccccc1CN(Cc1cccnc1)C(=O)CCCNC(=O)c1ccc(F)cc1F. The van der Waals surface area contributed by atoms with Crippen molar-refractivity contribution in [2.45, 2.75) is 32.9 Å². The van der Waals surface area contributed by atoms with Gasteiger partial charge in [-0.2, -0.15) is 0 Å². The van der Waals surface area contributed by atoms with Crippen LogP contribution in [0.2, 0.25) is 0 Å². The summed E-state index contributed by atoms with van der Waals surface area (Å²) in [5.74, 6) is -2.35. The summed E-state index contributed by atoms with van der Waals surface area (Å²) < 4.78 is 26.7. The fourth-order valence-electron chi connectivity index (χ4n) is 3.31. The van der Waals surface area contributed by atoms with Crippen molar-refractivity contribution >= 4 is 11.8 Å². The molecule has 0 spiro atoms. The lowest BCUT2D eigenvalue weighted by Crippen LogP contribution is -2.31. The van der Waals surface area contributed by atoms with E-state index in [1.54, 1.807) is 17.3 Å². The predicted molar refractivity (Wildman–Crippen MR) is 118 cm³/mol. The fraction of sp³-hybridized carbons (Fsp3) is 0.240. The van der Waals surface area contributed by atoms with Crippen molar-refractivity contribution in [1.29, 1.82) is 0 Å². The first-order valence-corrected chi connectivity index (χ1v) is 10.4. The van der Waals surface area contributed by atoms with Crippen molar-refractivity contribution < 1.29 is 18.4 Å². The van der Waals surface area contributed by atoms with Gasteiger partial charge < -0.3 is 10.2 Å². The smallest absolute Gasteiger partial charge is 0.254 e. The van der Waals surface area contributed by atoms with E-state index in [-0.39, 0.29) is 24.4 Å². The van der Waals surface area contributed by atoms with Crippen LogP contribution in [-0.4, -0.2) is 28.2 Å². The first kappa shape index (κ1) is 23.1. The molecule has 0 radical (unpaired) electrons. The third-order valence-corrected chi connectivity index (χ3v) is 5.10. The Morgan fingerprint density at radius 2 is 1.84 bits per heavy atom. The van der Waals surface area contributed by atoms with Crippen molar-refractivity contribution in [3.8, 4) is 0 Å². The standard InChI is InChI=1S/C25H25F2N3O2/c1-18-6-2-3-8-20(18)17-30(16-19-7-4-12-28-15-19)24(31)9-5-13-29-25(32)22-11-10-21(26)14-23(22)27/h2-4,6-8,10-12,14-15H,5,9,13,16-17H2,1H3,(H,29,32). The summed E-state index contributed by atoms with van der Waals surface area (Å²) in [5.41, 5.74) is 2.86. The van der Waals surface area contributed by atoms with Crippen LogP contribution in [-0.2, 0) is 17.9 Å². The molecule has 3 rings (SSSR count). The van der Waals surface area contributed by atoms with E-state index in [0.717, 1.165) is 28.8 Å². The van der Waals surface area contributed by atoms with E-state index in [0.29, 0.717) is 25.6 Å². The summed E-state index contributed by atoms with van der Waals surface area (Å²) in [6.07, 6.45) is 4.03. The average molecular weight is 437 g/mol. The number of hydrogen-bond donors (Lipinski definition) is 1. The fourth-order valence-corrected chi connectivity index (χ4v) is 3.31. The number of nitrogens with one attached hydrogen (secondary N) is 1. The number of amides is 2. The molecule has 166 valence electrons. The molecule has 1 aromatic heterocycles. The Hall–Kier alpha value is -3.61. The van der Waals surface area contributed by atoms with Gasteiger partial charge in [0, 0.05) is 44.5 Å². The monoisotopic (exact) mass is 437 g/mol. The van der Waals surface area contributed by atoms with Gasteiger partial charge in [-0.25, -0.2) is 8.78 Å². The van der Waals surface area contributed by atoms with E-state index >= 15 is 0 Å². The van der Waals surface area contributed by atoms with Crippen molar-refractivity contribution in [2.24, 2.45) is 0 Å². The molecular formula is C25H25F2N3O2. The van der Waals surface area contributed by atoms with Gasteiger partial charge in [0.25, 0.3) is 5.91 Å². The number of rotatable bonds is 9. The van der Waals surface area contributed by atoms with Crippen molar-refractivity contribution in [1.82, 2.24) is 15.2 Å². The quantitative estimate of drug-likeness (QED) is 0.505. The zero-order valence-electron chi connectivity index (χ0n) is 17.9. The molecule has 2 amide bonds. The van der Waals surface area contributed by atoms with Crippen LogP contribution in [0, 0.1) is 18.6 Å². The third-order valence-electron chi connectivity index (χ3n) is 5.10. The minimum absolute atomic E-state index is 0.0562. The number of carbonyl (C=O) groups excluding carboxylic acids is 2. The summed E-state index contributed by atoms with van der Waals surface area (Å²) in [6, 6.07) is 14.4. The summed E-state index contributed by atoms with van der Waals surface area (Å²) in [4.78, 5) is 30.9. The second kappa shape index (κ2) is 11.1. The second-order valence-electron chi connectivity index (χ2n) is 7.52. The van der Waals surface area contributed by atoms with E-state index in [9.17, 15) is 18.4 Å². The molecule has 0 bridgehead atoms. The molecule has 32 heavy (non-hydrogen) atoms. The van der Waals surface area contributed by atoms with Gasteiger partial charge in [-0.05, 0) is 48.2 Å². The highest BCUT2D eigenvalue weighted by Crippen LogP contribution is 2.15. The van der Waals surface area contributed by atoms with E-state index in [1.807, 2.05) is 43.3 Å². The Morgan fingerprint density at radius 3 is 2.56 bits per heavy atom. The van der Waals surface area contributed by atoms with Crippen LogP contribution in [0.3, 0.4) is 0 Å². The maximum atomic E-state index is 13.7. The molecule has 1 N–H and O–H groups in total. The topological polar surface area (TPSA) is 62.3 Å². The summed E-state index contributed by atoms with van der Waals surface area (Å²) >= 11 is 0. The molecular weight excluding hydrogens is 412 g/mol. The lowest BCUT2D eigenvalue weighted by Gasteiger charge is -2.24. The molecule has 0 aliphatic carbocycles. The molecule has 7 heteroatoms. The van der Waals surface area contributed by atoms with Crippen LogP contribution in [0.4, 0.5) is 8.78 Å². The number of hydrogen-bond acceptors (Lipinski definition) is 3. The molecule has 0 aliphatic heterocycles. The van der Waals surface area contributed by atoms with E-state index in [2.05, 4.69) is 10.3 Å². The third kappa shape index (κ3) is 6.44. The lowest BCUT2D eigenvalue weighted by atomic mass is 10.1. The highest BCUT2D eigenvalue weighted by Gasteiger charge is 2.16.